The number of oxazole rings is 2. The number of amides is 1. The molecular weight excluding hydrogens is 420 g/mol. The molecule has 2 aromatic heterocycles. The number of nitrogens with zero attached hydrogens (tertiary/aromatic N) is 3. The number of rotatable bonds is 7. The van der Waals surface area contributed by atoms with Crippen LogP contribution in [0, 0.1) is 0 Å². The molecule has 4 aromatic rings. The number of hydrogen-bond donors (Lipinski definition) is 1. The summed E-state index contributed by atoms with van der Waals surface area (Å²) >= 11 is 5.90. The third-order valence-electron chi connectivity index (χ3n) is 4.71. The number of aromatic nitrogens is 2. The van der Waals surface area contributed by atoms with Crippen LogP contribution in [0.25, 0.3) is 22.6 Å². The summed E-state index contributed by atoms with van der Waals surface area (Å²) in [6.07, 6.45) is 1.51. The highest BCUT2D eigenvalue weighted by molar-refractivity contribution is 6.30. The highest BCUT2D eigenvalue weighted by Gasteiger charge is 2.13. The Kier molecular flexibility index (Phi) is 5.92. The van der Waals surface area contributed by atoms with Gasteiger partial charge in [0.05, 0.1) is 17.6 Å². The van der Waals surface area contributed by atoms with Gasteiger partial charge < -0.3 is 19.1 Å². The fraction of sp³-hybridized carbons (Fsp3) is 0.227. The van der Waals surface area contributed by atoms with Gasteiger partial charge in [-0.1, -0.05) is 11.6 Å². The molecule has 160 valence electrons. The lowest BCUT2D eigenvalue weighted by Crippen LogP contribution is -2.23. The number of likely N-dealkylation sites (N-methyl/N-ethyl adjacent to an activating group) is 1. The van der Waals surface area contributed by atoms with Crippen LogP contribution < -0.4 is 11.1 Å². The predicted molar refractivity (Wildman–Crippen MR) is 118 cm³/mol. The Labute approximate surface area is 183 Å². The normalized spacial score (nSPS) is 11.4. The van der Waals surface area contributed by atoms with Crippen molar-refractivity contribution in [2.24, 2.45) is 0 Å². The van der Waals surface area contributed by atoms with E-state index in [1.165, 1.54) is 6.26 Å². The van der Waals surface area contributed by atoms with Crippen LogP contribution in [0.3, 0.4) is 0 Å². The molecule has 9 heteroatoms. The van der Waals surface area contributed by atoms with Crippen LogP contribution >= 0.6 is 11.6 Å². The first kappa shape index (κ1) is 20.9. The number of hydrogen-bond acceptors (Lipinski definition) is 6. The van der Waals surface area contributed by atoms with Gasteiger partial charge in [0.15, 0.2) is 5.58 Å². The summed E-state index contributed by atoms with van der Waals surface area (Å²) in [5, 5.41) is 3.46. The molecule has 1 amide bonds. The molecule has 2 aromatic carbocycles. The van der Waals surface area contributed by atoms with Crippen molar-refractivity contribution in [1.82, 2.24) is 14.5 Å². The van der Waals surface area contributed by atoms with Crippen molar-refractivity contribution < 1.29 is 13.6 Å². The monoisotopic (exact) mass is 440 g/mol. The van der Waals surface area contributed by atoms with E-state index in [1.807, 2.05) is 19.0 Å². The minimum absolute atomic E-state index is 0.0496. The summed E-state index contributed by atoms with van der Waals surface area (Å²) in [5.41, 5.74) is 2.96. The van der Waals surface area contributed by atoms with E-state index in [9.17, 15) is 9.59 Å². The molecule has 4 rings (SSSR count). The molecule has 31 heavy (non-hydrogen) atoms. The molecule has 2 heterocycles. The minimum atomic E-state index is -0.419. The van der Waals surface area contributed by atoms with Gasteiger partial charge in [0.1, 0.15) is 6.26 Å². The van der Waals surface area contributed by atoms with Gasteiger partial charge in [-0.25, -0.2) is 9.78 Å². The van der Waals surface area contributed by atoms with Crippen molar-refractivity contribution in [3.8, 4) is 11.5 Å². The molecule has 0 atom stereocenters. The van der Waals surface area contributed by atoms with Crippen molar-refractivity contribution >= 4 is 34.3 Å². The maximum Gasteiger partial charge on any atom is 0.419 e. The Morgan fingerprint density at radius 1 is 1.19 bits per heavy atom. The van der Waals surface area contributed by atoms with E-state index in [0.29, 0.717) is 46.5 Å². The first-order valence-electron chi connectivity index (χ1n) is 9.67. The summed E-state index contributed by atoms with van der Waals surface area (Å²) in [4.78, 5) is 31.0. The molecule has 0 aliphatic carbocycles. The van der Waals surface area contributed by atoms with Crippen LogP contribution in [0.1, 0.15) is 5.69 Å². The fourth-order valence-corrected chi connectivity index (χ4v) is 3.26. The standard InChI is InChI=1S/C22H21ClN4O4/c1-26(2)9-10-27-18-11-16(7-8-19(18)31-22(27)29)24-20(28)12-17-13-30-21(25-17)14-3-5-15(23)6-4-14/h3-8,11,13H,9-10,12H2,1-2H3,(H,24,28). The van der Waals surface area contributed by atoms with Crippen LogP contribution in [-0.4, -0.2) is 41.0 Å². The Morgan fingerprint density at radius 3 is 2.71 bits per heavy atom. The first-order chi connectivity index (χ1) is 14.9. The van der Waals surface area contributed by atoms with Gasteiger partial charge in [0.25, 0.3) is 0 Å². The highest BCUT2D eigenvalue weighted by atomic mass is 35.5. The van der Waals surface area contributed by atoms with Gasteiger partial charge in [-0.05, 0) is 56.6 Å². The van der Waals surface area contributed by atoms with Gasteiger partial charge in [0.2, 0.25) is 11.8 Å². The number of benzene rings is 2. The molecule has 0 spiro atoms. The minimum Gasteiger partial charge on any atom is -0.444 e. The largest absolute Gasteiger partial charge is 0.444 e. The van der Waals surface area contributed by atoms with E-state index in [2.05, 4.69) is 10.3 Å². The molecule has 1 N–H and O–H groups in total. The van der Waals surface area contributed by atoms with Gasteiger partial charge in [0, 0.05) is 29.4 Å². The average Bonchev–Trinajstić information content (AvgIpc) is 3.30. The summed E-state index contributed by atoms with van der Waals surface area (Å²) in [6, 6.07) is 12.2. The number of anilines is 1. The average molecular weight is 441 g/mol. The number of nitrogens with one attached hydrogen (secondary N) is 1. The molecule has 8 nitrogen and oxygen atoms in total. The third kappa shape index (κ3) is 4.87. The third-order valence-corrected chi connectivity index (χ3v) is 4.96. The number of fused-ring (bicyclic) bond motifs is 1. The molecule has 0 aliphatic heterocycles. The molecule has 0 bridgehead atoms. The van der Waals surface area contributed by atoms with Crippen LogP contribution in [0.2, 0.25) is 5.02 Å². The summed E-state index contributed by atoms with van der Waals surface area (Å²) < 4.78 is 12.3. The van der Waals surface area contributed by atoms with E-state index in [-0.39, 0.29) is 12.3 Å². The van der Waals surface area contributed by atoms with E-state index in [4.69, 9.17) is 20.4 Å². The highest BCUT2D eigenvalue weighted by Crippen LogP contribution is 2.22. The van der Waals surface area contributed by atoms with Gasteiger partial charge in [-0.15, -0.1) is 0 Å². The zero-order valence-electron chi connectivity index (χ0n) is 17.1. The maximum absolute atomic E-state index is 12.5. The fourth-order valence-electron chi connectivity index (χ4n) is 3.13. The second-order valence-corrected chi connectivity index (χ2v) is 7.82. The smallest absolute Gasteiger partial charge is 0.419 e. The Bertz CT molecular complexity index is 1270. The van der Waals surface area contributed by atoms with Crippen LogP contribution in [0.5, 0.6) is 0 Å². The zero-order chi connectivity index (χ0) is 22.0. The Balaban J connectivity index is 1.46. The molecule has 0 fully saturated rings. The van der Waals surface area contributed by atoms with Crippen molar-refractivity contribution in [1.29, 1.82) is 0 Å². The number of carbonyl (C=O) groups excluding carboxylic acids is 1. The van der Waals surface area contributed by atoms with Gasteiger partial charge in [-0.3, -0.25) is 9.36 Å². The quantitative estimate of drug-likeness (QED) is 0.471. The first-order valence-corrected chi connectivity index (χ1v) is 10.0. The second-order valence-electron chi connectivity index (χ2n) is 7.38. The van der Waals surface area contributed by atoms with Crippen molar-refractivity contribution in [2.75, 3.05) is 26.0 Å². The number of carbonyl (C=O) groups is 1. The Morgan fingerprint density at radius 2 is 1.97 bits per heavy atom. The van der Waals surface area contributed by atoms with Gasteiger partial charge >= 0.3 is 5.76 Å². The van der Waals surface area contributed by atoms with E-state index >= 15 is 0 Å². The lowest BCUT2D eigenvalue weighted by molar-refractivity contribution is -0.115. The van der Waals surface area contributed by atoms with Crippen LogP contribution in [0.15, 0.2) is 62.4 Å². The van der Waals surface area contributed by atoms with Crippen LogP contribution in [0.4, 0.5) is 5.69 Å². The molecule has 0 radical (unpaired) electrons. The number of halogens is 1. The summed E-state index contributed by atoms with van der Waals surface area (Å²) in [5.74, 6) is -0.247. The van der Waals surface area contributed by atoms with Crippen LogP contribution in [-0.2, 0) is 17.8 Å². The van der Waals surface area contributed by atoms with E-state index in [1.54, 1.807) is 47.0 Å². The summed E-state index contributed by atoms with van der Waals surface area (Å²) in [6.45, 7) is 1.18. The summed E-state index contributed by atoms with van der Waals surface area (Å²) in [7, 11) is 3.86. The predicted octanol–water partition coefficient (Wildman–Crippen LogP) is 3.65. The molecule has 0 unspecified atom stereocenters. The zero-order valence-corrected chi connectivity index (χ0v) is 17.8. The second kappa shape index (κ2) is 8.79. The molecule has 0 aliphatic rings. The molecule has 0 saturated heterocycles. The van der Waals surface area contributed by atoms with Crippen molar-refractivity contribution in [3.63, 3.8) is 0 Å². The van der Waals surface area contributed by atoms with Gasteiger partial charge in [-0.2, -0.15) is 0 Å². The molecular formula is C22H21ClN4O4. The lowest BCUT2D eigenvalue weighted by Gasteiger charge is -2.09. The SMILES string of the molecule is CN(C)CCn1c(=O)oc2ccc(NC(=O)Cc3coc(-c4ccc(Cl)cc4)n3)cc21. The van der Waals surface area contributed by atoms with Crippen molar-refractivity contribution in [2.45, 2.75) is 13.0 Å². The Hall–Kier alpha value is -3.36. The van der Waals surface area contributed by atoms with E-state index < -0.39 is 5.76 Å². The van der Waals surface area contributed by atoms with Crippen molar-refractivity contribution in [3.05, 3.63) is 70.0 Å². The molecule has 0 saturated carbocycles. The lowest BCUT2D eigenvalue weighted by atomic mass is 10.2. The topological polar surface area (TPSA) is 93.5 Å². The maximum atomic E-state index is 12.5. The van der Waals surface area contributed by atoms with E-state index in [0.717, 1.165) is 5.56 Å².